The van der Waals surface area contributed by atoms with E-state index in [1.807, 2.05) is 12.1 Å². The molecule has 2 aromatic rings. The first-order valence-corrected chi connectivity index (χ1v) is 12.9. The van der Waals surface area contributed by atoms with Gasteiger partial charge in [-0.05, 0) is 68.0 Å². The Morgan fingerprint density at radius 2 is 1.50 bits per heavy atom. The van der Waals surface area contributed by atoms with Gasteiger partial charge in [-0.3, -0.25) is 4.79 Å². The molecule has 1 N–H and O–H groups in total. The van der Waals surface area contributed by atoms with Crippen LogP contribution in [0.25, 0.3) is 10.8 Å². The van der Waals surface area contributed by atoms with Crippen LogP contribution >= 0.6 is 0 Å². The normalized spacial score (nSPS) is 23.8. The lowest BCUT2D eigenvalue weighted by Gasteiger charge is -2.44. The molecule has 4 nitrogen and oxygen atoms in total. The minimum absolute atomic E-state index is 0.141. The van der Waals surface area contributed by atoms with E-state index >= 15 is 0 Å². The molecule has 0 radical (unpaired) electrons. The average molecular weight is 435 g/mol. The molecule has 4 heteroatoms. The van der Waals surface area contributed by atoms with Gasteiger partial charge in [0, 0.05) is 19.1 Å². The zero-order chi connectivity index (χ0) is 22.0. The van der Waals surface area contributed by atoms with Crippen LogP contribution < -0.4 is 0 Å². The summed E-state index contributed by atoms with van der Waals surface area (Å²) in [6, 6.07) is 15.3. The third-order valence-electron chi connectivity index (χ3n) is 8.29. The highest BCUT2D eigenvalue weighted by Crippen LogP contribution is 2.42. The second kappa shape index (κ2) is 9.52. The number of benzene rings is 2. The summed E-state index contributed by atoms with van der Waals surface area (Å²) >= 11 is 0. The van der Waals surface area contributed by atoms with Crippen molar-refractivity contribution < 1.29 is 9.90 Å². The number of amides is 1. The lowest BCUT2D eigenvalue weighted by molar-refractivity contribution is -0.143. The van der Waals surface area contributed by atoms with E-state index in [0.717, 1.165) is 69.0 Å². The van der Waals surface area contributed by atoms with Crippen molar-refractivity contribution in [1.82, 2.24) is 9.80 Å². The lowest BCUT2D eigenvalue weighted by Crippen LogP contribution is -2.52. The van der Waals surface area contributed by atoms with Crippen molar-refractivity contribution in [1.29, 1.82) is 0 Å². The number of rotatable bonds is 4. The summed E-state index contributed by atoms with van der Waals surface area (Å²) < 4.78 is 0. The molecule has 1 saturated carbocycles. The topological polar surface area (TPSA) is 43.8 Å². The number of hydrogen-bond acceptors (Lipinski definition) is 3. The standard InChI is InChI=1S/C28H38N2O2/c31-27(30-19-13-25(14-20-30)29-17-7-2-8-18-29)26(28(32)15-5-1-6-16-28)24-12-11-22-9-3-4-10-23(22)21-24/h3-4,9-12,21,25-26,32H,1-2,5-8,13-20H2. The van der Waals surface area contributed by atoms with Gasteiger partial charge in [0.15, 0.2) is 0 Å². The first-order chi connectivity index (χ1) is 15.6. The molecule has 2 heterocycles. The molecule has 1 unspecified atom stereocenters. The number of fused-ring (bicyclic) bond motifs is 1. The van der Waals surface area contributed by atoms with E-state index in [2.05, 4.69) is 40.1 Å². The highest BCUT2D eigenvalue weighted by molar-refractivity contribution is 5.89. The van der Waals surface area contributed by atoms with Crippen LogP contribution in [-0.2, 0) is 4.79 Å². The van der Waals surface area contributed by atoms with Crippen LogP contribution in [0, 0.1) is 0 Å². The van der Waals surface area contributed by atoms with Crippen molar-refractivity contribution in [3.63, 3.8) is 0 Å². The third kappa shape index (κ3) is 4.45. The molecule has 2 saturated heterocycles. The number of likely N-dealkylation sites (tertiary alicyclic amines) is 2. The Kier molecular flexibility index (Phi) is 6.52. The molecular formula is C28H38N2O2. The van der Waals surface area contributed by atoms with Crippen LogP contribution in [0.15, 0.2) is 42.5 Å². The Balaban J connectivity index is 1.38. The van der Waals surface area contributed by atoms with Gasteiger partial charge in [0.1, 0.15) is 0 Å². The molecule has 0 aromatic heterocycles. The minimum atomic E-state index is -0.929. The van der Waals surface area contributed by atoms with E-state index in [9.17, 15) is 9.90 Å². The van der Waals surface area contributed by atoms with Gasteiger partial charge in [-0.1, -0.05) is 68.1 Å². The van der Waals surface area contributed by atoms with Gasteiger partial charge >= 0.3 is 0 Å². The first-order valence-electron chi connectivity index (χ1n) is 12.9. The van der Waals surface area contributed by atoms with Gasteiger partial charge in [-0.2, -0.15) is 0 Å². The highest BCUT2D eigenvalue weighted by Gasteiger charge is 2.45. The summed E-state index contributed by atoms with van der Waals surface area (Å²) in [6.07, 6.45) is 10.7. The van der Waals surface area contributed by atoms with Gasteiger partial charge in [0.2, 0.25) is 5.91 Å². The van der Waals surface area contributed by atoms with Gasteiger partial charge < -0.3 is 14.9 Å². The Labute approximate surface area is 192 Å². The fourth-order valence-corrected chi connectivity index (χ4v) is 6.44. The zero-order valence-electron chi connectivity index (χ0n) is 19.3. The van der Waals surface area contributed by atoms with Crippen molar-refractivity contribution in [2.24, 2.45) is 0 Å². The summed E-state index contributed by atoms with van der Waals surface area (Å²) in [5.74, 6) is -0.319. The smallest absolute Gasteiger partial charge is 0.233 e. The van der Waals surface area contributed by atoms with Crippen molar-refractivity contribution in [2.75, 3.05) is 26.2 Å². The molecule has 1 aliphatic carbocycles. The van der Waals surface area contributed by atoms with E-state index in [-0.39, 0.29) is 5.91 Å². The number of piperidine rings is 2. The van der Waals surface area contributed by atoms with E-state index in [1.165, 1.54) is 37.7 Å². The van der Waals surface area contributed by atoms with E-state index in [4.69, 9.17) is 0 Å². The van der Waals surface area contributed by atoms with Crippen molar-refractivity contribution >= 4 is 16.7 Å². The Hall–Kier alpha value is -1.91. The fourth-order valence-electron chi connectivity index (χ4n) is 6.44. The van der Waals surface area contributed by atoms with Crippen molar-refractivity contribution in [3.05, 3.63) is 48.0 Å². The molecule has 32 heavy (non-hydrogen) atoms. The van der Waals surface area contributed by atoms with E-state index in [0.29, 0.717) is 6.04 Å². The molecule has 3 fully saturated rings. The molecule has 1 atom stereocenters. The molecule has 5 rings (SSSR count). The second-order valence-electron chi connectivity index (χ2n) is 10.4. The van der Waals surface area contributed by atoms with Crippen molar-refractivity contribution in [3.8, 4) is 0 Å². The maximum Gasteiger partial charge on any atom is 0.233 e. The van der Waals surface area contributed by atoms with Gasteiger partial charge in [-0.15, -0.1) is 0 Å². The van der Waals surface area contributed by atoms with Gasteiger partial charge in [0.05, 0.1) is 11.5 Å². The van der Waals surface area contributed by atoms with Crippen LogP contribution in [0.4, 0.5) is 0 Å². The summed E-state index contributed by atoms with van der Waals surface area (Å²) in [6.45, 7) is 4.08. The van der Waals surface area contributed by atoms with Crippen LogP contribution in [0.1, 0.15) is 75.7 Å². The van der Waals surface area contributed by atoms with Crippen LogP contribution in [-0.4, -0.2) is 58.6 Å². The molecule has 0 spiro atoms. The molecule has 2 aromatic carbocycles. The molecule has 0 bridgehead atoms. The van der Waals surface area contributed by atoms with Crippen molar-refractivity contribution in [2.45, 2.75) is 81.8 Å². The number of carbonyl (C=O) groups excluding carboxylic acids is 1. The van der Waals surface area contributed by atoms with E-state index < -0.39 is 11.5 Å². The summed E-state index contributed by atoms with van der Waals surface area (Å²) in [4.78, 5) is 18.7. The largest absolute Gasteiger partial charge is 0.389 e. The quantitative estimate of drug-likeness (QED) is 0.728. The first kappa shape index (κ1) is 21.9. The zero-order valence-corrected chi connectivity index (χ0v) is 19.3. The van der Waals surface area contributed by atoms with E-state index in [1.54, 1.807) is 0 Å². The Morgan fingerprint density at radius 1 is 0.844 bits per heavy atom. The highest BCUT2D eigenvalue weighted by atomic mass is 16.3. The van der Waals surface area contributed by atoms with Gasteiger partial charge in [0.25, 0.3) is 0 Å². The Morgan fingerprint density at radius 3 is 2.22 bits per heavy atom. The maximum atomic E-state index is 14.0. The third-order valence-corrected chi connectivity index (χ3v) is 8.29. The van der Waals surface area contributed by atoms with Crippen LogP contribution in [0.5, 0.6) is 0 Å². The predicted molar refractivity (Wildman–Crippen MR) is 130 cm³/mol. The summed E-state index contributed by atoms with van der Waals surface area (Å²) in [7, 11) is 0. The Bertz CT molecular complexity index is 922. The molecular weight excluding hydrogens is 396 g/mol. The van der Waals surface area contributed by atoms with Crippen LogP contribution in [0.3, 0.4) is 0 Å². The summed E-state index contributed by atoms with van der Waals surface area (Å²) in [5.41, 5.74) is 0.0536. The van der Waals surface area contributed by atoms with Gasteiger partial charge in [-0.25, -0.2) is 0 Å². The average Bonchev–Trinajstić information content (AvgIpc) is 2.85. The molecule has 1 amide bonds. The molecule has 3 aliphatic rings. The second-order valence-corrected chi connectivity index (χ2v) is 10.4. The predicted octanol–water partition coefficient (Wildman–Crippen LogP) is 5.10. The SMILES string of the molecule is O=C(C(c1ccc2ccccc2c1)C1(O)CCCCC1)N1CCC(N2CCCCC2)CC1. The fraction of sp³-hybridized carbons (Fsp3) is 0.607. The lowest BCUT2D eigenvalue weighted by atomic mass is 9.71. The summed E-state index contributed by atoms with van der Waals surface area (Å²) in [5, 5.41) is 14.1. The number of aliphatic hydroxyl groups is 1. The molecule has 172 valence electrons. The van der Waals surface area contributed by atoms with Crippen LogP contribution in [0.2, 0.25) is 0 Å². The monoisotopic (exact) mass is 434 g/mol. The number of hydrogen-bond donors (Lipinski definition) is 1. The maximum absolute atomic E-state index is 14.0. The number of carbonyl (C=O) groups is 1. The molecule has 2 aliphatic heterocycles. The number of nitrogens with zero attached hydrogens (tertiary/aromatic N) is 2. The minimum Gasteiger partial charge on any atom is -0.389 e.